The van der Waals surface area contributed by atoms with Crippen LogP contribution in [-0.4, -0.2) is 41.6 Å². The molecule has 0 N–H and O–H groups in total. The van der Waals surface area contributed by atoms with Crippen molar-refractivity contribution in [3.63, 3.8) is 0 Å². The number of nitrogens with zero attached hydrogens (tertiary/aromatic N) is 1. The highest BCUT2D eigenvalue weighted by Gasteiger charge is 2.67. The van der Waals surface area contributed by atoms with Crippen molar-refractivity contribution in [1.29, 1.82) is 0 Å². The Bertz CT molecular complexity index is 790. The molecule has 1 aromatic rings. The molecule has 27 heavy (non-hydrogen) atoms. The molecule has 3 aliphatic rings. The predicted molar refractivity (Wildman–Crippen MR) is 104 cm³/mol. The highest BCUT2D eigenvalue weighted by Crippen LogP contribution is 2.53. The van der Waals surface area contributed by atoms with E-state index in [4.69, 9.17) is 9.47 Å². The van der Waals surface area contributed by atoms with Gasteiger partial charge in [-0.15, -0.1) is 0 Å². The fourth-order valence-electron chi connectivity index (χ4n) is 4.39. The molecule has 144 valence electrons. The van der Waals surface area contributed by atoms with Gasteiger partial charge in [0.05, 0.1) is 31.2 Å². The van der Waals surface area contributed by atoms with Crippen LogP contribution in [0.4, 0.5) is 0 Å². The van der Waals surface area contributed by atoms with Gasteiger partial charge in [0.25, 0.3) is 0 Å². The zero-order chi connectivity index (χ0) is 19.3. The summed E-state index contributed by atoms with van der Waals surface area (Å²) in [4.78, 5) is 27.8. The van der Waals surface area contributed by atoms with Crippen molar-refractivity contribution in [1.82, 2.24) is 4.90 Å². The number of esters is 1. The second kappa shape index (κ2) is 6.74. The Morgan fingerprint density at radius 2 is 2.04 bits per heavy atom. The van der Waals surface area contributed by atoms with Crippen LogP contribution in [0.25, 0.3) is 0 Å². The molecule has 4 rings (SSSR count). The van der Waals surface area contributed by atoms with Crippen LogP contribution < -0.4 is 0 Å². The molecule has 2 saturated heterocycles. The molecule has 1 spiro atoms. The Morgan fingerprint density at radius 3 is 2.70 bits per heavy atom. The van der Waals surface area contributed by atoms with Crippen molar-refractivity contribution in [3.8, 4) is 0 Å². The number of carbonyl (C=O) groups is 2. The molecule has 0 aliphatic carbocycles. The summed E-state index contributed by atoms with van der Waals surface area (Å²) in [5.74, 6) is -1.14. The van der Waals surface area contributed by atoms with Gasteiger partial charge in [0.1, 0.15) is 11.5 Å². The normalized spacial score (nSPS) is 32.3. The summed E-state index contributed by atoms with van der Waals surface area (Å²) in [5.41, 5.74) is 0.354. The lowest BCUT2D eigenvalue weighted by atomic mass is 9.77. The number of rotatable bonds is 5. The van der Waals surface area contributed by atoms with E-state index in [0.717, 1.165) is 10.0 Å². The minimum absolute atomic E-state index is 0.0243. The van der Waals surface area contributed by atoms with E-state index in [9.17, 15) is 9.59 Å². The van der Waals surface area contributed by atoms with Crippen molar-refractivity contribution >= 4 is 27.8 Å². The van der Waals surface area contributed by atoms with Crippen molar-refractivity contribution in [3.05, 3.63) is 46.5 Å². The Morgan fingerprint density at radius 1 is 1.33 bits per heavy atom. The van der Waals surface area contributed by atoms with Crippen LogP contribution in [0.1, 0.15) is 32.4 Å². The average Bonchev–Trinajstić information content (AvgIpc) is 3.28. The number of ether oxygens (including phenoxy) is 2. The third-order valence-corrected chi connectivity index (χ3v) is 6.31. The number of benzene rings is 1. The first-order valence-corrected chi connectivity index (χ1v) is 10.2. The molecule has 1 aromatic carbocycles. The van der Waals surface area contributed by atoms with E-state index in [1.54, 1.807) is 0 Å². The maximum Gasteiger partial charge on any atom is 0.312 e. The van der Waals surface area contributed by atoms with E-state index in [0.29, 0.717) is 13.2 Å². The lowest BCUT2D eigenvalue weighted by Gasteiger charge is -2.27. The van der Waals surface area contributed by atoms with E-state index < -0.39 is 17.4 Å². The van der Waals surface area contributed by atoms with Gasteiger partial charge in [0, 0.05) is 4.47 Å². The van der Waals surface area contributed by atoms with Crippen molar-refractivity contribution in [2.24, 2.45) is 17.8 Å². The number of fused-ring (bicyclic) bond motifs is 1. The Balaban J connectivity index is 1.57. The third-order valence-electron chi connectivity index (χ3n) is 5.78. The monoisotopic (exact) mass is 433 g/mol. The molecule has 2 fully saturated rings. The number of halogens is 1. The van der Waals surface area contributed by atoms with Crippen LogP contribution in [0.5, 0.6) is 0 Å². The van der Waals surface area contributed by atoms with E-state index in [1.807, 2.05) is 62.1 Å². The molecule has 0 radical (unpaired) electrons. The average molecular weight is 434 g/mol. The van der Waals surface area contributed by atoms with Gasteiger partial charge < -0.3 is 14.4 Å². The van der Waals surface area contributed by atoms with Crippen LogP contribution in [-0.2, 0) is 19.1 Å². The molecule has 0 unspecified atom stereocenters. The number of amides is 1. The first-order valence-electron chi connectivity index (χ1n) is 9.42. The topological polar surface area (TPSA) is 55.8 Å². The third kappa shape index (κ3) is 3.03. The summed E-state index contributed by atoms with van der Waals surface area (Å²) in [6.45, 7) is 6.83. The van der Waals surface area contributed by atoms with Gasteiger partial charge in [0.2, 0.25) is 5.91 Å². The number of carbonyl (C=O) groups excluding carboxylic acids is 2. The smallest absolute Gasteiger partial charge is 0.312 e. The standard InChI is InChI=1S/C21H24BrNO4/c1-12(2)10-26-20(25)17-16-8-9-21(27-16)11-23(19(24)18(17)21)13(3)14-4-6-15(22)7-5-14/h4-9,12-13,16-18H,10-11H2,1-3H3/t13-,16+,17+,18+,21-/m0/s1. The van der Waals surface area contributed by atoms with E-state index in [1.165, 1.54) is 0 Å². The van der Waals surface area contributed by atoms with E-state index >= 15 is 0 Å². The first-order chi connectivity index (χ1) is 12.8. The minimum atomic E-state index is -0.701. The van der Waals surface area contributed by atoms with Gasteiger partial charge in [-0.2, -0.15) is 0 Å². The van der Waals surface area contributed by atoms with Crippen LogP contribution in [0.2, 0.25) is 0 Å². The molecule has 6 heteroatoms. The van der Waals surface area contributed by atoms with Crippen molar-refractivity contribution in [2.75, 3.05) is 13.2 Å². The number of likely N-dealkylation sites (tertiary alicyclic amines) is 1. The molecular formula is C21H24BrNO4. The fraction of sp³-hybridized carbons (Fsp3) is 0.524. The van der Waals surface area contributed by atoms with Crippen LogP contribution >= 0.6 is 15.9 Å². The summed E-state index contributed by atoms with van der Waals surface area (Å²) in [5, 5.41) is 0. The summed E-state index contributed by atoms with van der Waals surface area (Å²) in [6.07, 6.45) is 3.53. The molecule has 0 aromatic heterocycles. The Hall–Kier alpha value is -1.66. The molecule has 0 saturated carbocycles. The molecule has 3 aliphatic heterocycles. The maximum absolute atomic E-state index is 13.3. The van der Waals surface area contributed by atoms with E-state index in [2.05, 4.69) is 15.9 Å². The summed E-state index contributed by atoms with van der Waals surface area (Å²) in [6, 6.07) is 7.88. The number of hydrogen-bond donors (Lipinski definition) is 0. The van der Waals surface area contributed by atoms with Crippen molar-refractivity contribution in [2.45, 2.75) is 38.5 Å². The van der Waals surface area contributed by atoms with Crippen LogP contribution in [0.3, 0.4) is 0 Å². The molecule has 1 amide bonds. The Kier molecular flexibility index (Phi) is 4.67. The van der Waals surface area contributed by atoms with Gasteiger partial charge in [-0.1, -0.05) is 54.1 Å². The zero-order valence-corrected chi connectivity index (χ0v) is 17.3. The second-order valence-electron chi connectivity index (χ2n) is 8.12. The van der Waals surface area contributed by atoms with Crippen LogP contribution in [0.15, 0.2) is 40.9 Å². The summed E-state index contributed by atoms with van der Waals surface area (Å²) >= 11 is 3.44. The lowest BCUT2D eigenvalue weighted by Crippen LogP contribution is -2.40. The van der Waals surface area contributed by atoms with Crippen LogP contribution in [0, 0.1) is 17.8 Å². The molecule has 3 heterocycles. The molecule has 5 atom stereocenters. The molecular weight excluding hydrogens is 410 g/mol. The van der Waals surface area contributed by atoms with E-state index in [-0.39, 0.29) is 29.9 Å². The van der Waals surface area contributed by atoms with Gasteiger partial charge in [-0.25, -0.2) is 0 Å². The van der Waals surface area contributed by atoms with Crippen molar-refractivity contribution < 1.29 is 19.1 Å². The predicted octanol–water partition coefficient (Wildman–Crippen LogP) is 3.49. The van der Waals surface area contributed by atoms with Gasteiger partial charge in [0.15, 0.2) is 0 Å². The first kappa shape index (κ1) is 18.7. The lowest BCUT2D eigenvalue weighted by molar-refractivity contribution is -0.155. The van der Waals surface area contributed by atoms with Gasteiger partial charge in [-0.05, 0) is 30.5 Å². The highest BCUT2D eigenvalue weighted by molar-refractivity contribution is 9.10. The molecule has 2 bridgehead atoms. The summed E-state index contributed by atoms with van der Waals surface area (Å²) < 4.78 is 12.6. The highest BCUT2D eigenvalue weighted by atomic mass is 79.9. The summed E-state index contributed by atoms with van der Waals surface area (Å²) in [7, 11) is 0. The number of hydrogen-bond acceptors (Lipinski definition) is 4. The Labute approximate surface area is 167 Å². The minimum Gasteiger partial charge on any atom is -0.465 e. The SMILES string of the molecule is CC(C)COC(=O)[C@@H]1[C@H]2C=C[C@@]3(CN([C@@H](C)c4ccc(Br)cc4)C(=O)[C@@H]13)O2. The zero-order valence-electron chi connectivity index (χ0n) is 15.7. The largest absolute Gasteiger partial charge is 0.465 e. The second-order valence-corrected chi connectivity index (χ2v) is 9.03. The van der Waals surface area contributed by atoms with Gasteiger partial charge in [-0.3, -0.25) is 9.59 Å². The molecule has 5 nitrogen and oxygen atoms in total. The van der Waals surface area contributed by atoms with Gasteiger partial charge >= 0.3 is 5.97 Å². The maximum atomic E-state index is 13.3. The quantitative estimate of drug-likeness (QED) is 0.526. The fourth-order valence-corrected chi connectivity index (χ4v) is 4.66.